The Morgan fingerprint density at radius 2 is 2.15 bits per heavy atom. The maximum atomic E-state index is 9.30. The van der Waals surface area contributed by atoms with Crippen molar-refractivity contribution in [2.75, 3.05) is 6.61 Å². The molecule has 4 nitrogen and oxygen atoms in total. The summed E-state index contributed by atoms with van der Waals surface area (Å²) in [6.07, 6.45) is -0.167. The summed E-state index contributed by atoms with van der Waals surface area (Å²) in [5.41, 5.74) is 1.70. The van der Waals surface area contributed by atoms with E-state index in [9.17, 15) is 5.11 Å². The molecule has 0 aliphatic heterocycles. The predicted molar refractivity (Wildman–Crippen MR) is 48.2 cm³/mol. The van der Waals surface area contributed by atoms with Gasteiger partial charge in [0.1, 0.15) is 6.10 Å². The molecule has 1 rings (SSSR count). The van der Waals surface area contributed by atoms with Crippen LogP contribution in [0.15, 0.2) is 6.07 Å². The molecular formula is C9H14N2O2. The number of aryl methyl sites for hydroxylation is 2. The van der Waals surface area contributed by atoms with Crippen molar-refractivity contribution in [3.05, 3.63) is 23.3 Å². The van der Waals surface area contributed by atoms with Crippen molar-refractivity contribution in [2.24, 2.45) is 0 Å². The summed E-state index contributed by atoms with van der Waals surface area (Å²) < 4.78 is 0. The van der Waals surface area contributed by atoms with Gasteiger partial charge in [-0.3, -0.25) is 0 Å². The molecule has 0 aromatic carbocycles. The van der Waals surface area contributed by atoms with Crippen LogP contribution in [0.4, 0.5) is 0 Å². The Hall–Kier alpha value is -1.00. The van der Waals surface area contributed by atoms with Gasteiger partial charge in [0.2, 0.25) is 0 Å². The van der Waals surface area contributed by atoms with Crippen molar-refractivity contribution in [2.45, 2.75) is 26.4 Å². The lowest BCUT2D eigenvalue weighted by Crippen LogP contribution is -2.10. The Morgan fingerprint density at radius 3 is 2.69 bits per heavy atom. The van der Waals surface area contributed by atoms with Crippen LogP contribution in [0.3, 0.4) is 0 Å². The first-order chi connectivity index (χ1) is 6.17. The normalized spacial score (nSPS) is 12.9. The first kappa shape index (κ1) is 10.1. The number of rotatable bonds is 3. The molecule has 0 aliphatic rings. The van der Waals surface area contributed by atoms with Crippen LogP contribution in [0.5, 0.6) is 0 Å². The fourth-order valence-corrected chi connectivity index (χ4v) is 1.07. The molecule has 0 spiro atoms. The van der Waals surface area contributed by atoms with Crippen LogP contribution < -0.4 is 0 Å². The smallest absolute Gasteiger partial charge is 0.159 e. The fourth-order valence-electron chi connectivity index (χ4n) is 1.07. The Labute approximate surface area is 77.3 Å². The van der Waals surface area contributed by atoms with E-state index >= 15 is 0 Å². The lowest BCUT2D eigenvalue weighted by Gasteiger charge is -2.07. The van der Waals surface area contributed by atoms with Crippen LogP contribution in [0.1, 0.15) is 30.2 Å². The quantitative estimate of drug-likeness (QED) is 0.709. The number of hydrogen-bond acceptors (Lipinski definition) is 4. The van der Waals surface area contributed by atoms with Gasteiger partial charge in [-0.2, -0.15) is 0 Å². The molecule has 13 heavy (non-hydrogen) atoms. The van der Waals surface area contributed by atoms with E-state index < -0.39 is 6.10 Å². The number of nitrogens with zero attached hydrogens (tertiary/aromatic N) is 2. The first-order valence-corrected chi connectivity index (χ1v) is 4.30. The van der Waals surface area contributed by atoms with E-state index in [4.69, 9.17) is 5.11 Å². The molecule has 72 valence electrons. The third-order valence-electron chi connectivity index (χ3n) is 1.76. The van der Waals surface area contributed by atoms with Crippen molar-refractivity contribution in [3.8, 4) is 0 Å². The molecule has 1 aromatic rings. The van der Waals surface area contributed by atoms with E-state index in [1.807, 2.05) is 19.9 Å². The topological polar surface area (TPSA) is 66.2 Å². The van der Waals surface area contributed by atoms with E-state index in [2.05, 4.69) is 9.97 Å². The molecule has 0 aliphatic carbocycles. The van der Waals surface area contributed by atoms with Gasteiger partial charge in [0, 0.05) is 11.4 Å². The second kappa shape index (κ2) is 4.30. The SMILES string of the molecule is CCc1cc(C)nc([C@H](O)CO)n1. The maximum Gasteiger partial charge on any atom is 0.159 e. The van der Waals surface area contributed by atoms with Gasteiger partial charge in [-0.15, -0.1) is 0 Å². The lowest BCUT2D eigenvalue weighted by atomic mass is 10.2. The minimum atomic E-state index is -0.967. The highest BCUT2D eigenvalue weighted by atomic mass is 16.3. The summed E-state index contributed by atoms with van der Waals surface area (Å²) in [5, 5.41) is 18.0. The van der Waals surface area contributed by atoms with Crippen molar-refractivity contribution >= 4 is 0 Å². The highest BCUT2D eigenvalue weighted by molar-refractivity contribution is 5.11. The third-order valence-corrected chi connectivity index (χ3v) is 1.76. The second-order valence-corrected chi connectivity index (χ2v) is 2.91. The minimum Gasteiger partial charge on any atom is -0.393 e. The van der Waals surface area contributed by atoms with Gasteiger partial charge < -0.3 is 10.2 Å². The minimum absolute atomic E-state index is 0.305. The zero-order valence-electron chi connectivity index (χ0n) is 7.86. The molecule has 0 saturated carbocycles. The van der Waals surface area contributed by atoms with Gasteiger partial charge in [-0.1, -0.05) is 6.92 Å². The molecule has 4 heteroatoms. The summed E-state index contributed by atoms with van der Waals surface area (Å²) >= 11 is 0. The Morgan fingerprint density at radius 1 is 1.46 bits per heavy atom. The maximum absolute atomic E-state index is 9.30. The molecule has 0 bridgehead atoms. The van der Waals surface area contributed by atoms with Gasteiger partial charge in [-0.25, -0.2) is 9.97 Å². The van der Waals surface area contributed by atoms with E-state index in [1.165, 1.54) is 0 Å². The Bertz CT molecular complexity index is 289. The largest absolute Gasteiger partial charge is 0.393 e. The number of aliphatic hydroxyl groups excluding tert-OH is 2. The zero-order valence-corrected chi connectivity index (χ0v) is 7.86. The summed E-state index contributed by atoms with van der Waals surface area (Å²) in [5.74, 6) is 0.305. The summed E-state index contributed by atoms with van der Waals surface area (Å²) in [4.78, 5) is 8.13. The van der Waals surface area contributed by atoms with Gasteiger partial charge in [0.15, 0.2) is 5.82 Å². The second-order valence-electron chi connectivity index (χ2n) is 2.91. The van der Waals surface area contributed by atoms with Crippen LogP contribution in [-0.4, -0.2) is 26.8 Å². The molecule has 0 unspecified atom stereocenters. The number of aromatic nitrogens is 2. The molecule has 1 atom stereocenters. The monoisotopic (exact) mass is 182 g/mol. The van der Waals surface area contributed by atoms with E-state index in [0.29, 0.717) is 5.82 Å². The average molecular weight is 182 g/mol. The van der Waals surface area contributed by atoms with Crippen molar-refractivity contribution < 1.29 is 10.2 Å². The molecule has 0 amide bonds. The van der Waals surface area contributed by atoms with E-state index in [-0.39, 0.29) is 6.61 Å². The Kier molecular flexibility index (Phi) is 3.33. The van der Waals surface area contributed by atoms with Crippen LogP contribution in [0.25, 0.3) is 0 Å². The molecule has 1 heterocycles. The molecule has 0 fully saturated rings. The molecule has 2 N–H and O–H groups in total. The predicted octanol–water partition coefficient (Wildman–Crippen LogP) is 0.373. The van der Waals surface area contributed by atoms with Gasteiger partial charge >= 0.3 is 0 Å². The molecule has 0 radical (unpaired) electrons. The zero-order chi connectivity index (χ0) is 9.84. The molecular weight excluding hydrogens is 168 g/mol. The average Bonchev–Trinajstić information content (AvgIpc) is 2.15. The lowest BCUT2D eigenvalue weighted by molar-refractivity contribution is 0.0883. The van der Waals surface area contributed by atoms with E-state index in [0.717, 1.165) is 17.8 Å². The summed E-state index contributed by atoms with van der Waals surface area (Å²) in [7, 11) is 0. The van der Waals surface area contributed by atoms with E-state index in [1.54, 1.807) is 0 Å². The van der Waals surface area contributed by atoms with Gasteiger partial charge in [0.05, 0.1) is 6.61 Å². The van der Waals surface area contributed by atoms with Crippen LogP contribution in [-0.2, 0) is 6.42 Å². The Balaban J connectivity index is 3.01. The summed E-state index contributed by atoms with van der Waals surface area (Å²) in [6, 6.07) is 1.87. The number of hydrogen-bond donors (Lipinski definition) is 2. The van der Waals surface area contributed by atoms with Crippen molar-refractivity contribution in [1.29, 1.82) is 0 Å². The number of aliphatic hydroxyl groups is 2. The van der Waals surface area contributed by atoms with Gasteiger partial charge in [0.25, 0.3) is 0 Å². The molecule has 0 saturated heterocycles. The van der Waals surface area contributed by atoms with Crippen molar-refractivity contribution in [3.63, 3.8) is 0 Å². The van der Waals surface area contributed by atoms with Crippen LogP contribution in [0, 0.1) is 6.92 Å². The third kappa shape index (κ3) is 2.47. The highest BCUT2D eigenvalue weighted by Crippen LogP contribution is 2.08. The molecule has 1 aromatic heterocycles. The fraction of sp³-hybridized carbons (Fsp3) is 0.556. The van der Waals surface area contributed by atoms with Crippen molar-refractivity contribution in [1.82, 2.24) is 9.97 Å². The summed E-state index contributed by atoms with van der Waals surface area (Å²) in [6.45, 7) is 3.48. The standard InChI is InChI=1S/C9H14N2O2/c1-3-7-4-6(2)10-9(11-7)8(13)5-12/h4,8,12-13H,3,5H2,1-2H3/t8-/m1/s1. The highest BCUT2D eigenvalue weighted by Gasteiger charge is 2.10. The first-order valence-electron chi connectivity index (χ1n) is 4.30. The van der Waals surface area contributed by atoms with Crippen LogP contribution >= 0.6 is 0 Å². The van der Waals surface area contributed by atoms with Crippen LogP contribution in [0.2, 0.25) is 0 Å². The van der Waals surface area contributed by atoms with Gasteiger partial charge in [-0.05, 0) is 19.4 Å².